The number of likely N-dealkylation sites (tertiary alicyclic amines) is 1. The number of benzene rings is 2. The Bertz CT molecular complexity index is 1290. The number of aromatic nitrogens is 6. The van der Waals surface area contributed by atoms with Gasteiger partial charge in [0, 0.05) is 26.1 Å². The first kappa shape index (κ1) is 19.9. The molecule has 1 aliphatic heterocycles. The highest BCUT2D eigenvalue weighted by molar-refractivity contribution is 5.92. The highest BCUT2D eigenvalue weighted by Gasteiger charge is 2.31. The van der Waals surface area contributed by atoms with Gasteiger partial charge in [-0.15, -0.1) is 5.10 Å². The monoisotopic (exact) mass is 429 g/mol. The Morgan fingerprint density at radius 3 is 2.38 bits per heavy atom. The molecular formula is C23H23N7O2. The number of carbonyl (C=O) groups excluding carboxylic acids is 1. The van der Waals surface area contributed by atoms with E-state index in [2.05, 4.69) is 15.3 Å². The Morgan fingerprint density at radius 2 is 1.66 bits per heavy atom. The van der Waals surface area contributed by atoms with Gasteiger partial charge in [-0.1, -0.05) is 36.4 Å². The number of rotatable bonds is 4. The molecule has 1 amide bonds. The average molecular weight is 429 g/mol. The third kappa shape index (κ3) is 3.62. The molecule has 1 saturated heterocycles. The maximum absolute atomic E-state index is 13.2. The van der Waals surface area contributed by atoms with Gasteiger partial charge >= 0.3 is 5.69 Å². The van der Waals surface area contributed by atoms with Crippen molar-refractivity contribution in [3.63, 3.8) is 0 Å². The lowest BCUT2D eigenvalue weighted by Crippen LogP contribution is -2.40. The quantitative estimate of drug-likeness (QED) is 0.496. The predicted molar refractivity (Wildman–Crippen MR) is 118 cm³/mol. The number of piperidine rings is 1. The largest absolute Gasteiger partial charge is 0.350 e. The maximum Gasteiger partial charge on any atom is 0.350 e. The van der Waals surface area contributed by atoms with Gasteiger partial charge in [0.15, 0.2) is 5.69 Å². The smallest absolute Gasteiger partial charge is 0.336 e. The summed E-state index contributed by atoms with van der Waals surface area (Å²) in [6.45, 7) is 1.11. The molecule has 162 valence electrons. The number of amides is 1. The van der Waals surface area contributed by atoms with Crippen LogP contribution in [0.25, 0.3) is 11.4 Å². The van der Waals surface area contributed by atoms with Gasteiger partial charge in [-0.2, -0.15) is 15.0 Å². The maximum atomic E-state index is 13.2. The Labute approximate surface area is 184 Å². The molecule has 2 aromatic carbocycles. The van der Waals surface area contributed by atoms with Crippen LogP contribution in [0.4, 0.5) is 0 Å². The molecule has 5 rings (SSSR count). The summed E-state index contributed by atoms with van der Waals surface area (Å²) < 4.78 is 3.00. The van der Waals surface area contributed by atoms with E-state index in [1.165, 1.54) is 15.7 Å². The van der Waals surface area contributed by atoms with Crippen LogP contribution in [0, 0.1) is 0 Å². The average Bonchev–Trinajstić information content (AvgIpc) is 3.45. The highest BCUT2D eigenvalue weighted by atomic mass is 16.2. The van der Waals surface area contributed by atoms with Gasteiger partial charge < -0.3 is 4.90 Å². The highest BCUT2D eigenvalue weighted by Crippen LogP contribution is 2.27. The van der Waals surface area contributed by atoms with E-state index in [9.17, 15) is 9.59 Å². The van der Waals surface area contributed by atoms with Crippen LogP contribution in [0.3, 0.4) is 0 Å². The molecule has 2 aromatic heterocycles. The first-order chi connectivity index (χ1) is 15.6. The van der Waals surface area contributed by atoms with Crippen molar-refractivity contribution in [2.75, 3.05) is 13.1 Å². The first-order valence-electron chi connectivity index (χ1n) is 10.6. The standard InChI is InChI=1S/C23H23N7O2/c1-27-23(32)29(18-10-4-2-5-11-18)21(26-27)17-9-8-14-28(16-17)22(31)20-15-24-30(25-20)19-12-6-3-7-13-19/h2-7,10-13,15,17H,8-9,14,16H2,1H3/t17-/m0/s1. The molecule has 9 nitrogen and oxygen atoms in total. The molecule has 0 saturated carbocycles. The van der Waals surface area contributed by atoms with Gasteiger partial charge in [-0.05, 0) is 37.1 Å². The van der Waals surface area contributed by atoms with E-state index in [-0.39, 0.29) is 17.5 Å². The van der Waals surface area contributed by atoms with Crippen LogP contribution in [0.15, 0.2) is 71.7 Å². The molecule has 1 atom stereocenters. The zero-order valence-electron chi connectivity index (χ0n) is 17.7. The van der Waals surface area contributed by atoms with E-state index in [0.29, 0.717) is 24.6 Å². The molecule has 3 heterocycles. The van der Waals surface area contributed by atoms with Crippen LogP contribution in [-0.2, 0) is 7.05 Å². The molecule has 4 aromatic rings. The number of aryl methyl sites for hydroxylation is 1. The van der Waals surface area contributed by atoms with Gasteiger partial charge in [0.25, 0.3) is 5.91 Å². The molecule has 1 fully saturated rings. The summed E-state index contributed by atoms with van der Waals surface area (Å²) in [6, 6.07) is 19.0. The van der Waals surface area contributed by atoms with E-state index in [4.69, 9.17) is 0 Å². The van der Waals surface area contributed by atoms with E-state index < -0.39 is 0 Å². The Kier molecular flexibility index (Phi) is 5.14. The molecular weight excluding hydrogens is 406 g/mol. The summed E-state index contributed by atoms with van der Waals surface area (Å²) in [7, 11) is 1.65. The van der Waals surface area contributed by atoms with Gasteiger partial charge in [-0.3, -0.25) is 4.79 Å². The minimum atomic E-state index is -0.194. The van der Waals surface area contributed by atoms with Crippen molar-refractivity contribution >= 4 is 5.91 Å². The van der Waals surface area contributed by atoms with Crippen LogP contribution in [0.2, 0.25) is 0 Å². The lowest BCUT2D eigenvalue weighted by Gasteiger charge is -2.31. The fourth-order valence-electron chi connectivity index (χ4n) is 4.15. The predicted octanol–water partition coefficient (Wildman–Crippen LogP) is 2.17. The van der Waals surface area contributed by atoms with Gasteiger partial charge in [0.2, 0.25) is 0 Å². The lowest BCUT2D eigenvalue weighted by molar-refractivity contribution is 0.0697. The van der Waals surface area contributed by atoms with Crippen molar-refractivity contribution in [3.8, 4) is 11.4 Å². The number of para-hydroxylation sites is 2. The third-order valence-corrected chi connectivity index (χ3v) is 5.74. The zero-order valence-corrected chi connectivity index (χ0v) is 17.7. The number of hydrogen-bond acceptors (Lipinski definition) is 5. The second-order valence-corrected chi connectivity index (χ2v) is 7.88. The van der Waals surface area contributed by atoms with Crippen LogP contribution in [0.1, 0.15) is 35.1 Å². The fourth-order valence-corrected chi connectivity index (χ4v) is 4.15. The van der Waals surface area contributed by atoms with Crippen LogP contribution < -0.4 is 5.69 Å². The molecule has 32 heavy (non-hydrogen) atoms. The zero-order chi connectivity index (χ0) is 22.1. The van der Waals surface area contributed by atoms with Crippen molar-refractivity contribution in [2.45, 2.75) is 18.8 Å². The number of nitrogens with zero attached hydrogens (tertiary/aromatic N) is 7. The number of carbonyl (C=O) groups is 1. The van der Waals surface area contributed by atoms with Crippen LogP contribution >= 0.6 is 0 Å². The van der Waals surface area contributed by atoms with Crippen molar-refractivity contribution in [1.82, 2.24) is 34.2 Å². The van der Waals surface area contributed by atoms with Gasteiger partial charge in [0.1, 0.15) is 5.82 Å². The van der Waals surface area contributed by atoms with E-state index in [1.807, 2.05) is 60.7 Å². The molecule has 0 aliphatic carbocycles. The second-order valence-electron chi connectivity index (χ2n) is 7.88. The third-order valence-electron chi connectivity index (χ3n) is 5.74. The topological polar surface area (TPSA) is 90.8 Å². The summed E-state index contributed by atoms with van der Waals surface area (Å²) >= 11 is 0. The summed E-state index contributed by atoms with van der Waals surface area (Å²) in [4.78, 5) is 29.2. The SMILES string of the molecule is Cn1nc([C@H]2CCCN(C(=O)c3cnn(-c4ccccc4)n3)C2)n(-c2ccccc2)c1=O. The van der Waals surface area contributed by atoms with E-state index >= 15 is 0 Å². The Balaban J connectivity index is 1.40. The minimum absolute atomic E-state index is 0.0500. The van der Waals surface area contributed by atoms with E-state index in [1.54, 1.807) is 16.5 Å². The van der Waals surface area contributed by atoms with Gasteiger partial charge in [-0.25, -0.2) is 14.0 Å². The normalized spacial score (nSPS) is 16.3. The molecule has 0 radical (unpaired) electrons. The molecule has 0 spiro atoms. The Morgan fingerprint density at radius 1 is 0.969 bits per heavy atom. The Hall–Kier alpha value is -4.01. The fraction of sp³-hybridized carbons (Fsp3) is 0.261. The van der Waals surface area contributed by atoms with Crippen LogP contribution in [0.5, 0.6) is 0 Å². The minimum Gasteiger partial charge on any atom is -0.336 e. The molecule has 0 unspecified atom stereocenters. The molecule has 1 aliphatic rings. The van der Waals surface area contributed by atoms with Crippen molar-refractivity contribution in [2.24, 2.45) is 7.05 Å². The van der Waals surface area contributed by atoms with Crippen molar-refractivity contribution in [1.29, 1.82) is 0 Å². The van der Waals surface area contributed by atoms with Crippen molar-refractivity contribution < 1.29 is 4.79 Å². The summed E-state index contributed by atoms with van der Waals surface area (Å²) in [5.41, 5.74) is 1.68. The molecule has 9 heteroatoms. The van der Waals surface area contributed by atoms with E-state index in [0.717, 1.165) is 24.2 Å². The summed E-state index contributed by atoms with van der Waals surface area (Å²) in [6.07, 6.45) is 3.17. The van der Waals surface area contributed by atoms with Crippen molar-refractivity contribution in [3.05, 3.63) is 88.9 Å². The summed E-state index contributed by atoms with van der Waals surface area (Å²) in [5.74, 6) is 0.460. The molecule has 0 bridgehead atoms. The number of hydrogen-bond donors (Lipinski definition) is 0. The van der Waals surface area contributed by atoms with Gasteiger partial charge in [0.05, 0.1) is 17.6 Å². The molecule has 0 N–H and O–H groups in total. The van der Waals surface area contributed by atoms with Crippen LogP contribution in [-0.4, -0.2) is 53.2 Å². The summed E-state index contributed by atoms with van der Waals surface area (Å²) in [5, 5.41) is 13.1. The lowest BCUT2D eigenvalue weighted by atomic mass is 9.96. The second kappa shape index (κ2) is 8.26. The first-order valence-corrected chi connectivity index (χ1v) is 10.6.